The number of anilines is 1. The van der Waals surface area contributed by atoms with Gasteiger partial charge in [0.05, 0.1) is 28.2 Å². The third kappa shape index (κ3) is 19.2. The van der Waals surface area contributed by atoms with Gasteiger partial charge in [-0.25, -0.2) is 0 Å². The Labute approximate surface area is 595 Å². The molecule has 554 valence electrons. The van der Waals surface area contributed by atoms with Gasteiger partial charge < -0.3 is 53.4 Å². The van der Waals surface area contributed by atoms with Crippen LogP contribution in [-0.4, -0.2) is 172 Å². The summed E-state index contributed by atoms with van der Waals surface area (Å²) in [7, 11) is -20.0. The molecule has 3 aliphatic rings. The minimum atomic E-state index is -5.07. The Kier molecular flexibility index (Phi) is 25.0. The van der Waals surface area contributed by atoms with Gasteiger partial charge >= 0.3 is 5.97 Å². The largest absolute Gasteiger partial charge is 0.481 e. The van der Waals surface area contributed by atoms with Gasteiger partial charge in [0.1, 0.15) is 40.5 Å². The van der Waals surface area contributed by atoms with Gasteiger partial charge in [-0.05, 0) is 130 Å². The van der Waals surface area contributed by atoms with E-state index in [0.717, 1.165) is 12.1 Å². The number of aliphatic imine (C=N–C) groups is 1. The zero-order valence-corrected chi connectivity index (χ0v) is 60.3. The van der Waals surface area contributed by atoms with Crippen LogP contribution in [0.4, 0.5) is 11.4 Å². The predicted molar refractivity (Wildman–Crippen MR) is 381 cm³/mol. The fourth-order valence-electron chi connectivity index (χ4n) is 13.3. The number of carboxylic acid groups (broad SMARTS) is 1. The summed E-state index contributed by atoms with van der Waals surface area (Å²) >= 11 is 0. The van der Waals surface area contributed by atoms with Gasteiger partial charge in [0.25, 0.3) is 40.5 Å². The molecule has 35 heteroatoms. The number of hydrogen-bond acceptors (Lipinski definition) is 17. The van der Waals surface area contributed by atoms with Gasteiger partial charge in [-0.1, -0.05) is 68.5 Å². The second-order valence-corrected chi connectivity index (χ2v) is 31.7. The highest BCUT2D eigenvalue weighted by Crippen LogP contribution is 2.52. The van der Waals surface area contributed by atoms with E-state index < -0.39 is 144 Å². The molecule has 0 aliphatic carbocycles. The van der Waals surface area contributed by atoms with Crippen LogP contribution in [-0.2, 0) is 91.3 Å². The highest BCUT2D eigenvalue weighted by Gasteiger charge is 2.47. The lowest BCUT2D eigenvalue weighted by Gasteiger charge is -2.26. The number of likely N-dealkylation sites (N-methyl/N-ethyl adjacent to an activating group) is 1. The Hall–Kier alpha value is -9.49. The van der Waals surface area contributed by atoms with Gasteiger partial charge in [-0.15, -0.1) is 0 Å². The van der Waals surface area contributed by atoms with E-state index in [0.29, 0.717) is 90.4 Å². The molecule has 15 N–H and O–H groups in total. The maximum absolute atomic E-state index is 14.3. The smallest absolute Gasteiger partial charge is 0.305 e. The normalized spacial score (nSPS) is 19.5. The summed E-state index contributed by atoms with van der Waals surface area (Å²) in [5, 5.41) is 25.4. The van der Waals surface area contributed by atoms with Crippen molar-refractivity contribution in [2.24, 2.45) is 16.5 Å². The molecule has 0 bridgehead atoms. The Bertz CT molecular complexity index is 4840. The average Bonchev–Trinajstić information content (AvgIpc) is 1.59. The number of unbranched alkanes of at least 4 members (excludes halogenated alkanes) is 3. The van der Waals surface area contributed by atoms with Gasteiger partial charge in [0, 0.05) is 84.2 Å². The molecule has 103 heavy (non-hydrogen) atoms. The summed E-state index contributed by atoms with van der Waals surface area (Å²) in [4.78, 5) is 96.9. The molecule has 0 saturated carbocycles. The van der Waals surface area contributed by atoms with Gasteiger partial charge in [0.2, 0.25) is 41.1 Å². The minimum absolute atomic E-state index is 0.0225. The molecule has 0 aromatic heterocycles. The molecule has 4 atom stereocenters. The van der Waals surface area contributed by atoms with Crippen LogP contribution in [0.15, 0.2) is 140 Å². The maximum Gasteiger partial charge on any atom is 0.305 e. The Morgan fingerprint density at radius 2 is 1.20 bits per heavy atom. The predicted octanol–water partition coefficient (Wildman–Crippen LogP) is 3.86. The maximum atomic E-state index is 14.3. The van der Waals surface area contributed by atoms with E-state index in [1.54, 1.807) is 60.7 Å². The molecule has 1 saturated heterocycles. The van der Waals surface area contributed by atoms with Crippen molar-refractivity contribution in [1.29, 1.82) is 0 Å². The van der Waals surface area contributed by atoms with Crippen LogP contribution in [0.2, 0.25) is 0 Å². The number of fused-ring (bicyclic) bond motifs is 6. The van der Waals surface area contributed by atoms with E-state index in [9.17, 15) is 90.6 Å². The molecule has 6 amide bonds. The van der Waals surface area contributed by atoms with Crippen molar-refractivity contribution in [2.45, 2.75) is 160 Å². The van der Waals surface area contributed by atoms with E-state index >= 15 is 0 Å². The summed E-state index contributed by atoms with van der Waals surface area (Å²) < 4.78 is 144. The fourth-order valence-corrected chi connectivity index (χ4v) is 16.0. The summed E-state index contributed by atoms with van der Waals surface area (Å²) in [5.74, 6) is -6.39. The van der Waals surface area contributed by atoms with E-state index in [-0.39, 0.29) is 85.0 Å². The molecule has 1 fully saturated rings. The lowest BCUT2D eigenvalue weighted by molar-refractivity contribution is -0.438. The highest BCUT2D eigenvalue weighted by atomic mass is 32.2. The van der Waals surface area contributed by atoms with Crippen LogP contribution in [0, 0.1) is 0 Å². The summed E-state index contributed by atoms with van der Waals surface area (Å²) in [6.45, 7) is 9.43. The number of allylic oxidation sites excluding steroid dienone is 6. The molecule has 0 radical (unpaired) electrons. The third-order valence-electron chi connectivity index (χ3n) is 18.1. The second-order valence-electron chi connectivity index (χ2n) is 26.1. The number of benzene rings is 5. The number of carbonyl (C=O) groups is 7. The van der Waals surface area contributed by atoms with Gasteiger partial charge in [0.15, 0.2) is 11.7 Å². The molecular formula is C68H84N11O20S4+. The Morgan fingerprint density at radius 1 is 0.631 bits per heavy atom. The van der Waals surface area contributed by atoms with Crippen molar-refractivity contribution in [3.63, 3.8) is 0 Å². The molecule has 5 aromatic carbocycles. The number of amides is 6. The number of carboxylic acids is 1. The van der Waals surface area contributed by atoms with Crippen molar-refractivity contribution in [3.8, 4) is 0 Å². The van der Waals surface area contributed by atoms with E-state index in [4.69, 9.17) is 11.5 Å². The van der Waals surface area contributed by atoms with Crippen LogP contribution in [0.25, 0.3) is 21.5 Å². The fraction of sp³-hybridized carbons (Fsp3) is 0.397. The van der Waals surface area contributed by atoms with Crippen LogP contribution < -0.4 is 48.3 Å². The molecule has 5 aromatic rings. The minimum Gasteiger partial charge on any atom is -0.481 e. The first-order valence-electron chi connectivity index (χ1n) is 32.9. The second kappa shape index (κ2) is 32.4. The van der Waals surface area contributed by atoms with Crippen molar-refractivity contribution < 1.29 is 95.1 Å². The number of nitrogens with one attached hydrogen (secondary N) is 6. The zero-order chi connectivity index (χ0) is 75.7. The summed E-state index contributed by atoms with van der Waals surface area (Å²) in [5.41, 5.74) is 13.0. The average molecular weight is 1500 g/mol. The first-order chi connectivity index (χ1) is 48.2. The standard InChI is InChI=1S/C68H83N11O20S4/c1-6-78-51-28-26-43-45(34-41(100(88,89)90)36-53(43)102(94,95)96)60(51)67(2,3)55(78)23-12-8-13-24-56-68(4,5)61-46-35-42(101(91,92)93)37-54(103(97,98)99)44(46)27-29-52(61)79(56)32-17-9-14-25-57(80)71-30-16-15-21-48-63(85)75-47(22-18-31-72-66(69)70)62(84)73-39-58(81)74-50(38-59(82)83)65(87)77-49(64(86)76-48)33-40-19-10-7-11-20-40/h7-8,10-13,19-20,23-24,26-29,34-37,47-50H,6,9,14-18,21-22,25,30-33,38-39H2,1-5H3,(H14-,69,70,71,72,73,74,75,76,77,80,81,82,83,84,85,86,87,88,89,90,91,92,93,94,95,96,97,98,99)/p+1/t47-,48-,49+,50-/m0/s1. The molecule has 3 heterocycles. The molecule has 0 spiro atoms. The topological polar surface area (TPSA) is 500 Å². The van der Waals surface area contributed by atoms with Crippen LogP contribution >= 0.6 is 0 Å². The quantitative estimate of drug-likeness (QED) is 0.00886. The Balaban J connectivity index is 0.989. The van der Waals surface area contributed by atoms with Gasteiger partial charge in [-0.3, -0.25) is 56.8 Å². The number of guanidine groups is 1. The van der Waals surface area contributed by atoms with Crippen molar-refractivity contribution in [2.75, 3.05) is 37.6 Å². The molecular weight excluding hydrogens is 1420 g/mol. The number of rotatable bonds is 27. The first kappa shape index (κ1) is 79.2. The number of aliphatic carboxylic acids is 1. The van der Waals surface area contributed by atoms with E-state index in [2.05, 4.69) is 36.9 Å². The molecule has 0 unspecified atom stereocenters. The van der Waals surface area contributed by atoms with Crippen LogP contribution in [0.1, 0.15) is 116 Å². The SMILES string of the molecule is CCN1C(=CC=CC=CC2=[N+](CCCCCC(=O)NCCCC[C@@H]3NC(=O)[C@@H](Cc4ccccc4)NC(=O)[C@H](CC(=O)O)NC(=O)CNC(=O)[C@H](CCCN=C(N)N)NC3=O)c3ccc4c(S(=O)(=O)O)cc(S(=O)(=O)O)cc4c3C2(C)C)C(C)(C)c2c1ccc1c(S(=O)(=O)O)cc(S(=O)(=O)O)cc21. The lowest BCUT2D eigenvalue weighted by atomic mass is 9.79. The third-order valence-corrected chi connectivity index (χ3v) is 21.5. The van der Waals surface area contributed by atoms with Crippen molar-refractivity contribution in [3.05, 3.63) is 132 Å². The van der Waals surface area contributed by atoms with E-state index in [1.165, 1.54) is 12.1 Å². The number of nitrogens with zero attached hydrogens (tertiary/aromatic N) is 3. The summed E-state index contributed by atoms with van der Waals surface area (Å²) in [6.07, 6.45) is 9.92. The summed E-state index contributed by atoms with van der Waals surface area (Å²) in [6, 6.07) is 12.6. The number of nitrogens with two attached hydrogens (primary N) is 2. The number of carbonyl (C=O) groups excluding carboxylic acids is 6. The first-order valence-corrected chi connectivity index (χ1v) is 38.7. The molecule has 8 rings (SSSR count). The van der Waals surface area contributed by atoms with Crippen molar-refractivity contribution >= 4 is 126 Å². The lowest BCUT2D eigenvalue weighted by Crippen LogP contribution is -2.58. The zero-order valence-electron chi connectivity index (χ0n) is 57.0. The monoisotopic (exact) mass is 1500 g/mol. The van der Waals surface area contributed by atoms with Crippen LogP contribution in [0.3, 0.4) is 0 Å². The van der Waals surface area contributed by atoms with Crippen LogP contribution in [0.5, 0.6) is 0 Å². The number of hydrogen-bond donors (Lipinski definition) is 13. The van der Waals surface area contributed by atoms with E-state index in [1.807, 2.05) is 56.2 Å². The molecule has 31 nitrogen and oxygen atoms in total. The van der Waals surface area contributed by atoms with Gasteiger partial charge in [-0.2, -0.15) is 38.2 Å². The Morgan fingerprint density at radius 3 is 1.80 bits per heavy atom. The highest BCUT2D eigenvalue weighted by molar-refractivity contribution is 7.87. The molecule has 3 aliphatic heterocycles. The van der Waals surface area contributed by atoms with Crippen molar-refractivity contribution in [1.82, 2.24) is 31.9 Å².